The molecule has 0 amide bonds. The molecule has 0 fully saturated rings. The van der Waals surface area contributed by atoms with Gasteiger partial charge in [0.05, 0.1) is 27.8 Å². The molecule has 0 atom stereocenters. The molecule has 0 spiro atoms. The van der Waals surface area contributed by atoms with E-state index in [1.165, 1.54) is 107 Å². The van der Waals surface area contributed by atoms with E-state index < -0.39 is 8.07 Å². The van der Waals surface area contributed by atoms with E-state index in [9.17, 15) is 0 Å². The van der Waals surface area contributed by atoms with Crippen LogP contribution >= 0.6 is 11.3 Å². The number of hydrogen-bond acceptors (Lipinski definition) is 1. The van der Waals surface area contributed by atoms with Crippen molar-refractivity contribution < 1.29 is 0 Å². The molecule has 14 aromatic carbocycles. The average Bonchev–Trinajstić information content (AvgIpc) is 1.27. The summed E-state index contributed by atoms with van der Waals surface area (Å²) in [5.74, 6) is 0. The number of hydrogen-bond donors (Lipinski definition) is 0. The summed E-state index contributed by atoms with van der Waals surface area (Å²) in [6.45, 7) is 0. The summed E-state index contributed by atoms with van der Waals surface area (Å²) in [6, 6.07) is 127. The van der Waals surface area contributed by atoms with Crippen molar-refractivity contribution in [2.45, 2.75) is 0 Å². The third kappa shape index (κ3) is 8.29. The molecule has 88 heavy (non-hydrogen) atoms. The Kier molecular flexibility index (Phi) is 12.5. The van der Waals surface area contributed by atoms with E-state index in [0.29, 0.717) is 0 Å². The summed E-state index contributed by atoms with van der Waals surface area (Å²) in [7, 11) is -3.32. The first-order valence-electron chi connectivity index (χ1n) is 30.3. The number of para-hydroxylation sites is 3. The van der Waals surface area contributed by atoms with Gasteiger partial charge in [0.2, 0.25) is 0 Å². The van der Waals surface area contributed by atoms with E-state index in [1.807, 2.05) is 11.3 Å². The van der Waals surface area contributed by atoms with Gasteiger partial charge in [-0.25, -0.2) is 0 Å². The van der Waals surface area contributed by atoms with Crippen molar-refractivity contribution in [3.05, 3.63) is 340 Å². The maximum absolute atomic E-state index is 3.32. The molecule has 2 nitrogen and oxygen atoms in total. The van der Waals surface area contributed by atoms with E-state index in [4.69, 9.17) is 0 Å². The fraction of sp³-hybridized carbons (Fsp3) is 0. The minimum absolute atomic E-state index is 1.12. The summed E-state index contributed by atoms with van der Waals surface area (Å²) in [4.78, 5) is 0. The predicted octanol–water partition coefficient (Wildman–Crippen LogP) is 20.0. The average molecular weight is 1150 g/mol. The monoisotopic (exact) mass is 1150 g/mol. The number of benzene rings is 14. The second-order valence-electron chi connectivity index (χ2n) is 23.1. The van der Waals surface area contributed by atoms with Gasteiger partial charge in [-0.2, -0.15) is 0 Å². The van der Waals surface area contributed by atoms with Crippen molar-refractivity contribution in [1.29, 1.82) is 0 Å². The molecule has 4 heteroatoms. The quantitative estimate of drug-likeness (QED) is 0.0902. The van der Waals surface area contributed by atoms with Crippen LogP contribution in [0.4, 0.5) is 0 Å². The van der Waals surface area contributed by atoms with Crippen LogP contribution in [0.1, 0.15) is 0 Å². The van der Waals surface area contributed by atoms with Gasteiger partial charge in [0.25, 0.3) is 0 Å². The number of fused-ring (bicyclic) bond motifs is 9. The molecule has 0 aliphatic rings. The summed E-state index contributed by atoms with van der Waals surface area (Å²) >= 11 is 1.89. The molecule has 412 valence electrons. The molecule has 0 aliphatic carbocycles. The second-order valence-corrected chi connectivity index (χ2v) is 27.9. The van der Waals surface area contributed by atoms with Crippen molar-refractivity contribution in [3.63, 3.8) is 0 Å². The zero-order valence-corrected chi connectivity index (χ0v) is 50.0. The molecule has 0 radical (unpaired) electrons. The largest absolute Gasteiger partial charge is 0.309 e. The van der Waals surface area contributed by atoms with Gasteiger partial charge in [0.1, 0.15) is 0 Å². The van der Waals surface area contributed by atoms with E-state index in [-0.39, 0.29) is 0 Å². The standard InChI is InChI=1S/C84H56N2SSi/c1-6-26-57(27-7-1)61-34-22-38-65(52-61)88(64-36-14-5-15-37-64,66-39-23-35-62(53-66)58-28-8-2-9-29-58)67-55-75(59-30-10-3-11-31-59)83(76(56-67)60-32-12-4-13-33-60)86-79-48-20-17-41-69(79)77-54-63(50-51-80(77)86)85-78-47-19-16-40-68(78)71-43-24-44-72(82(71)85)74-46-25-45-73-70-42-18-21-49-81(70)87-84(73)74/h1-56H. The van der Waals surface area contributed by atoms with Crippen molar-refractivity contribution in [2.24, 2.45) is 0 Å². The van der Waals surface area contributed by atoms with Crippen molar-refractivity contribution in [3.8, 4) is 67.0 Å². The Hall–Kier alpha value is -10.9. The molecular weight excluding hydrogens is 1100 g/mol. The Morgan fingerprint density at radius 1 is 0.239 bits per heavy atom. The van der Waals surface area contributed by atoms with Crippen LogP contribution in [0.5, 0.6) is 0 Å². The molecule has 17 rings (SSSR count). The van der Waals surface area contributed by atoms with Gasteiger partial charge in [-0.15, -0.1) is 11.3 Å². The highest BCUT2D eigenvalue weighted by Gasteiger charge is 2.43. The van der Waals surface area contributed by atoms with Crippen LogP contribution in [-0.2, 0) is 0 Å². The minimum atomic E-state index is -3.32. The van der Waals surface area contributed by atoms with Gasteiger partial charge < -0.3 is 9.13 Å². The smallest absolute Gasteiger partial charge is 0.179 e. The van der Waals surface area contributed by atoms with Gasteiger partial charge in [-0.3, -0.25) is 0 Å². The highest BCUT2D eigenvalue weighted by molar-refractivity contribution is 7.26. The number of aromatic nitrogens is 2. The molecule has 3 heterocycles. The maximum Gasteiger partial charge on any atom is 0.179 e. The van der Waals surface area contributed by atoms with Gasteiger partial charge in [-0.1, -0.05) is 303 Å². The molecule has 0 saturated heterocycles. The number of thiophene rings is 1. The normalized spacial score (nSPS) is 11.9. The molecule has 0 aliphatic heterocycles. The molecule has 0 unspecified atom stereocenters. The lowest BCUT2D eigenvalue weighted by atomic mass is 9.95. The molecule has 0 N–H and O–H groups in total. The number of nitrogens with zero attached hydrogens (tertiary/aromatic N) is 2. The van der Waals surface area contributed by atoms with E-state index in [1.54, 1.807) is 0 Å². The first-order chi connectivity index (χ1) is 43.7. The van der Waals surface area contributed by atoms with Crippen molar-refractivity contribution in [2.75, 3.05) is 0 Å². The molecule has 17 aromatic rings. The van der Waals surface area contributed by atoms with Gasteiger partial charge in [-0.05, 0) is 90.5 Å². The van der Waals surface area contributed by atoms with Crippen LogP contribution < -0.4 is 20.7 Å². The Morgan fingerprint density at radius 3 is 1.27 bits per heavy atom. The summed E-state index contributed by atoms with van der Waals surface area (Å²) in [5, 5.41) is 12.7. The molecule has 0 saturated carbocycles. The van der Waals surface area contributed by atoms with Gasteiger partial charge >= 0.3 is 0 Å². The van der Waals surface area contributed by atoms with Crippen LogP contribution in [0.2, 0.25) is 0 Å². The lowest BCUT2D eigenvalue weighted by Crippen LogP contribution is -2.74. The Labute approximate surface area is 516 Å². The highest BCUT2D eigenvalue weighted by Crippen LogP contribution is 2.46. The fourth-order valence-electron chi connectivity index (χ4n) is 14.4. The highest BCUT2D eigenvalue weighted by atomic mass is 32.1. The van der Waals surface area contributed by atoms with Crippen LogP contribution in [0.3, 0.4) is 0 Å². The van der Waals surface area contributed by atoms with Gasteiger partial charge in [0.15, 0.2) is 8.07 Å². The molecule has 3 aromatic heterocycles. The topological polar surface area (TPSA) is 9.86 Å². The van der Waals surface area contributed by atoms with Crippen LogP contribution in [0.25, 0.3) is 131 Å². The van der Waals surface area contributed by atoms with Crippen molar-refractivity contribution >= 4 is 104 Å². The predicted molar refractivity (Wildman–Crippen MR) is 379 cm³/mol. The maximum atomic E-state index is 2.59. The van der Waals surface area contributed by atoms with Crippen LogP contribution in [-0.4, -0.2) is 17.2 Å². The van der Waals surface area contributed by atoms with Crippen LogP contribution in [0, 0.1) is 0 Å². The van der Waals surface area contributed by atoms with Gasteiger partial charge in [0, 0.05) is 69.7 Å². The SMILES string of the molecule is c1ccc(-c2cccc([Si](c3ccccc3)(c3cccc(-c4ccccc4)c3)c3cc(-c4ccccc4)c(-n4c5ccccc5c5cc(-n6c7ccccc7c7cccc(-c8cccc9c8sc8ccccc89)c76)ccc54)c(-c4ccccc4)c3)c2)cc1. The third-order valence-corrected chi connectivity index (χ3v) is 24.2. The van der Waals surface area contributed by atoms with E-state index >= 15 is 0 Å². The Morgan fingerprint density at radius 2 is 0.670 bits per heavy atom. The zero-order chi connectivity index (χ0) is 58.1. The Bertz CT molecular complexity index is 5350. The lowest BCUT2D eigenvalue weighted by molar-refractivity contribution is 1.17. The van der Waals surface area contributed by atoms with Crippen molar-refractivity contribution in [1.82, 2.24) is 9.13 Å². The Balaban J connectivity index is 0.964. The molecular formula is C84H56N2SSi. The second kappa shape index (κ2) is 21.3. The first kappa shape index (κ1) is 51.5. The summed E-state index contributed by atoms with van der Waals surface area (Å²) in [6.07, 6.45) is 0. The fourth-order valence-corrected chi connectivity index (χ4v) is 20.5. The summed E-state index contributed by atoms with van der Waals surface area (Å²) < 4.78 is 7.73. The van der Waals surface area contributed by atoms with Crippen LogP contribution in [0.15, 0.2) is 340 Å². The third-order valence-electron chi connectivity index (χ3n) is 18.3. The zero-order valence-electron chi connectivity index (χ0n) is 48.1. The first-order valence-corrected chi connectivity index (χ1v) is 33.1. The van der Waals surface area contributed by atoms with E-state index in [2.05, 4.69) is 349 Å². The summed E-state index contributed by atoms with van der Waals surface area (Å²) in [5.41, 5.74) is 18.8. The van der Waals surface area contributed by atoms with E-state index in [0.717, 1.165) is 44.7 Å². The minimum Gasteiger partial charge on any atom is -0.309 e. The number of rotatable bonds is 11. The lowest BCUT2D eigenvalue weighted by Gasteiger charge is -2.36. The molecule has 0 bridgehead atoms.